The van der Waals surface area contributed by atoms with E-state index in [1.807, 2.05) is 40.8 Å². The third-order valence-electron chi connectivity index (χ3n) is 2.05. The van der Waals surface area contributed by atoms with Gasteiger partial charge in [-0.25, -0.2) is 0 Å². The van der Waals surface area contributed by atoms with E-state index in [0.717, 1.165) is 12.8 Å². The molecule has 0 spiro atoms. The summed E-state index contributed by atoms with van der Waals surface area (Å²) in [4.78, 5) is 10.7. The summed E-state index contributed by atoms with van der Waals surface area (Å²) < 4.78 is 0.186. The molecule has 0 radical (unpaired) electrons. The van der Waals surface area contributed by atoms with Gasteiger partial charge in [0.2, 0.25) is 0 Å². The fourth-order valence-corrected chi connectivity index (χ4v) is 1.63. The van der Waals surface area contributed by atoms with Gasteiger partial charge in [0.1, 0.15) is 0 Å². The molecule has 0 unspecified atom stereocenters. The zero-order valence-corrected chi connectivity index (χ0v) is 10.1. The van der Waals surface area contributed by atoms with Crippen molar-refractivity contribution >= 4 is 26.4 Å². The highest BCUT2D eigenvalue weighted by Crippen LogP contribution is 2.07. The van der Waals surface area contributed by atoms with Gasteiger partial charge in [-0.15, -0.1) is 0 Å². The van der Waals surface area contributed by atoms with Gasteiger partial charge in [-0.05, 0) is 41.0 Å². The van der Waals surface area contributed by atoms with Gasteiger partial charge in [0, 0.05) is 12.5 Å². The van der Waals surface area contributed by atoms with E-state index in [2.05, 4.69) is 12.1 Å². The monoisotopic (exact) mass is 303 g/mol. The van der Waals surface area contributed by atoms with E-state index < -0.39 is 0 Å². The molecule has 0 aliphatic rings. The summed E-state index contributed by atoms with van der Waals surface area (Å²) in [5.74, 6) is 0. The Morgan fingerprint density at radius 1 is 1.36 bits per heavy atom. The maximum absolute atomic E-state index is 10.7. The molecule has 2 nitrogen and oxygen atoms in total. The van der Waals surface area contributed by atoms with E-state index in [9.17, 15) is 4.79 Å². The Bertz CT molecular complexity index is 287. The van der Waals surface area contributed by atoms with E-state index in [0.29, 0.717) is 6.42 Å². The first-order chi connectivity index (χ1) is 6.68. The van der Waals surface area contributed by atoms with Crippen molar-refractivity contribution in [3.05, 3.63) is 35.9 Å². The van der Waals surface area contributed by atoms with E-state index >= 15 is 0 Å². The molecule has 0 amide bonds. The molecular weight excluding hydrogens is 289 g/mol. The minimum atomic E-state index is 0.0936. The fourth-order valence-electron chi connectivity index (χ4n) is 1.32. The van der Waals surface area contributed by atoms with Crippen LogP contribution in [0.2, 0.25) is 0 Å². The molecule has 0 bridgehead atoms. The number of carbonyl (C=O) groups is 1. The Kier molecular flexibility index (Phi) is 5.11. The van der Waals surface area contributed by atoms with Crippen LogP contribution in [0, 0.1) is 0 Å². The molecule has 0 saturated carbocycles. The number of hydrogen-bond donors (Lipinski definition) is 1. The smallest absolute Gasteiger partial charge is 0.192 e. The molecular formula is C11H14INO. The van der Waals surface area contributed by atoms with Crippen LogP contribution in [-0.2, 0) is 11.2 Å². The normalized spacial score (nSPS) is 12.4. The second kappa shape index (κ2) is 6.14. The lowest BCUT2D eigenvalue weighted by atomic mass is 10.0. The van der Waals surface area contributed by atoms with Gasteiger partial charge in [-0.2, -0.15) is 0 Å². The Morgan fingerprint density at radius 2 is 2.00 bits per heavy atom. The first-order valence-corrected chi connectivity index (χ1v) is 5.74. The summed E-state index contributed by atoms with van der Waals surface area (Å²) in [5.41, 5.74) is 7.14. The molecule has 0 aromatic heterocycles. The third kappa shape index (κ3) is 4.72. The lowest BCUT2D eigenvalue weighted by molar-refractivity contribution is -0.109. The molecule has 3 heteroatoms. The topological polar surface area (TPSA) is 43.1 Å². The highest BCUT2D eigenvalue weighted by molar-refractivity contribution is 14.1. The van der Waals surface area contributed by atoms with Crippen LogP contribution < -0.4 is 5.73 Å². The Balaban J connectivity index is 2.34. The van der Waals surface area contributed by atoms with Gasteiger partial charge in [0.15, 0.2) is 3.79 Å². The molecule has 1 aromatic rings. The summed E-state index contributed by atoms with van der Waals surface area (Å²) in [6.45, 7) is 0. The average Bonchev–Trinajstić information content (AvgIpc) is 2.16. The Morgan fingerprint density at radius 3 is 2.57 bits per heavy atom. The highest BCUT2D eigenvalue weighted by atomic mass is 127. The number of rotatable bonds is 5. The average molecular weight is 303 g/mol. The molecule has 76 valence electrons. The zero-order valence-electron chi connectivity index (χ0n) is 7.95. The molecule has 0 aliphatic carbocycles. The van der Waals surface area contributed by atoms with Crippen molar-refractivity contribution in [3.8, 4) is 0 Å². The molecule has 1 rings (SSSR count). The Labute approximate surface area is 98.0 Å². The number of carbonyl (C=O) groups excluding carboxylic acids is 1. The van der Waals surface area contributed by atoms with E-state index in [1.54, 1.807) is 0 Å². The van der Waals surface area contributed by atoms with Crippen molar-refractivity contribution in [1.29, 1.82) is 0 Å². The van der Waals surface area contributed by atoms with Crippen LogP contribution in [0.15, 0.2) is 30.3 Å². The van der Waals surface area contributed by atoms with Crippen LogP contribution >= 0.6 is 22.6 Å². The van der Waals surface area contributed by atoms with Crippen LogP contribution in [0.4, 0.5) is 0 Å². The summed E-state index contributed by atoms with van der Waals surface area (Å²) >= 11 is 1.81. The van der Waals surface area contributed by atoms with Gasteiger partial charge in [-0.1, -0.05) is 30.3 Å². The van der Waals surface area contributed by atoms with Gasteiger partial charge in [-0.3, -0.25) is 4.79 Å². The second-order valence-corrected chi connectivity index (χ2v) is 4.55. The molecule has 0 saturated heterocycles. The van der Waals surface area contributed by atoms with Crippen LogP contribution in [0.3, 0.4) is 0 Å². The van der Waals surface area contributed by atoms with E-state index in [4.69, 9.17) is 5.73 Å². The maximum Gasteiger partial charge on any atom is 0.192 e. The van der Waals surface area contributed by atoms with Crippen LogP contribution in [0.5, 0.6) is 0 Å². The van der Waals surface area contributed by atoms with Crippen LogP contribution in [0.25, 0.3) is 0 Å². The van der Waals surface area contributed by atoms with Gasteiger partial charge < -0.3 is 5.73 Å². The number of hydrogen-bond acceptors (Lipinski definition) is 2. The minimum Gasteiger partial charge on any atom is -0.327 e. The molecule has 14 heavy (non-hydrogen) atoms. The van der Waals surface area contributed by atoms with Crippen molar-refractivity contribution in [3.63, 3.8) is 0 Å². The third-order valence-corrected chi connectivity index (χ3v) is 2.59. The predicted octanol–water partition coefficient (Wildman–Crippen LogP) is 2.30. The molecule has 2 N–H and O–H groups in total. The summed E-state index contributed by atoms with van der Waals surface area (Å²) in [6, 6.07) is 10.2. The number of benzene rings is 1. The molecule has 0 aliphatic heterocycles. The minimum absolute atomic E-state index is 0.0936. The molecule has 0 heterocycles. The van der Waals surface area contributed by atoms with Crippen molar-refractivity contribution in [2.75, 3.05) is 0 Å². The standard InChI is InChI=1S/C11H14INO/c12-11(14)7-6-10(13)8-9-4-2-1-3-5-9/h1-5,10H,6-8,13H2/t10-/m0/s1. The van der Waals surface area contributed by atoms with Gasteiger partial charge in [0.25, 0.3) is 0 Å². The largest absolute Gasteiger partial charge is 0.327 e. The van der Waals surface area contributed by atoms with E-state index in [-0.39, 0.29) is 9.83 Å². The zero-order chi connectivity index (χ0) is 10.4. The van der Waals surface area contributed by atoms with Crippen molar-refractivity contribution in [1.82, 2.24) is 0 Å². The van der Waals surface area contributed by atoms with Crippen LogP contribution in [0.1, 0.15) is 18.4 Å². The van der Waals surface area contributed by atoms with Crippen molar-refractivity contribution < 1.29 is 4.79 Å². The highest BCUT2D eigenvalue weighted by Gasteiger charge is 2.05. The summed E-state index contributed by atoms with van der Waals surface area (Å²) in [6.07, 6.45) is 2.20. The van der Waals surface area contributed by atoms with Gasteiger partial charge >= 0.3 is 0 Å². The molecule has 1 atom stereocenters. The lowest BCUT2D eigenvalue weighted by Crippen LogP contribution is -2.23. The molecule has 1 aromatic carbocycles. The number of halogens is 1. The van der Waals surface area contributed by atoms with Gasteiger partial charge in [0.05, 0.1) is 0 Å². The SMILES string of the molecule is N[C@@H](CCC(=O)I)Cc1ccccc1. The van der Waals surface area contributed by atoms with Crippen molar-refractivity contribution in [2.45, 2.75) is 25.3 Å². The summed E-state index contributed by atoms with van der Waals surface area (Å²) in [7, 11) is 0. The first-order valence-electron chi connectivity index (χ1n) is 4.66. The first kappa shape index (κ1) is 11.7. The second-order valence-electron chi connectivity index (χ2n) is 3.34. The summed E-state index contributed by atoms with van der Waals surface area (Å²) in [5, 5.41) is 0. The molecule has 0 fully saturated rings. The number of nitrogens with two attached hydrogens (primary N) is 1. The quantitative estimate of drug-likeness (QED) is 0.670. The van der Waals surface area contributed by atoms with E-state index in [1.165, 1.54) is 5.56 Å². The van der Waals surface area contributed by atoms with Crippen LogP contribution in [-0.4, -0.2) is 9.83 Å². The maximum atomic E-state index is 10.7. The lowest BCUT2D eigenvalue weighted by Gasteiger charge is -2.09. The van der Waals surface area contributed by atoms with Crippen molar-refractivity contribution in [2.24, 2.45) is 5.73 Å². The predicted molar refractivity (Wildman–Crippen MR) is 66.4 cm³/mol. The Hall–Kier alpha value is -0.420. The fraction of sp³-hybridized carbons (Fsp3) is 0.364.